The Morgan fingerprint density at radius 1 is 1.32 bits per heavy atom. The Bertz CT molecular complexity index is 594. The molecule has 0 radical (unpaired) electrons. The molecule has 0 bridgehead atoms. The summed E-state index contributed by atoms with van der Waals surface area (Å²) in [4.78, 5) is 0. The maximum absolute atomic E-state index is 6.29. The summed E-state index contributed by atoms with van der Waals surface area (Å²) in [6, 6.07) is 8.31. The second-order valence-corrected chi connectivity index (χ2v) is 6.32. The average Bonchev–Trinajstić information content (AvgIpc) is 2.57. The van der Waals surface area contributed by atoms with E-state index in [1.54, 1.807) is 4.68 Å². The van der Waals surface area contributed by atoms with Gasteiger partial charge in [-0.2, -0.15) is 5.10 Å². The quantitative estimate of drug-likeness (QED) is 0.908. The van der Waals surface area contributed by atoms with E-state index in [1.165, 1.54) is 11.1 Å². The van der Waals surface area contributed by atoms with Crippen molar-refractivity contribution in [1.82, 2.24) is 9.78 Å². The van der Waals surface area contributed by atoms with Crippen molar-refractivity contribution in [3.63, 3.8) is 0 Å². The topological polar surface area (TPSA) is 43.8 Å². The van der Waals surface area contributed by atoms with Crippen LogP contribution in [0.15, 0.2) is 24.3 Å². The smallest absolute Gasteiger partial charge is 0.141 e. The van der Waals surface area contributed by atoms with Crippen molar-refractivity contribution in [3.05, 3.63) is 46.1 Å². The minimum absolute atomic E-state index is 0.108. The fourth-order valence-corrected chi connectivity index (χ4v) is 2.46. The zero-order valence-corrected chi connectivity index (χ0v) is 12.6. The van der Waals surface area contributed by atoms with E-state index in [4.69, 9.17) is 17.3 Å². The van der Waals surface area contributed by atoms with Gasteiger partial charge in [-0.3, -0.25) is 0 Å². The predicted molar refractivity (Wildman–Crippen MR) is 80.6 cm³/mol. The summed E-state index contributed by atoms with van der Waals surface area (Å²) >= 11 is 6.29. The standard InChI is InChI=1S/C15H20ClN3/c1-10-6-5-7-11(8-10)9-19-14(17)12(16)13(18-19)15(2,3)4/h5-8H,9,17H2,1-4H3. The molecule has 0 spiro atoms. The van der Waals surface area contributed by atoms with Crippen LogP contribution >= 0.6 is 11.6 Å². The Morgan fingerprint density at radius 2 is 2.00 bits per heavy atom. The number of halogens is 1. The molecule has 1 heterocycles. The number of aryl methyl sites for hydroxylation is 1. The first-order valence-electron chi connectivity index (χ1n) is 6.37. The van der Waals surface area contributed by atoms with Crippen molar-refractivity contribution >= 4 is 17.4 Å². The summed E-state index contributed by atoms with van der Waals surface area (Å²) in [6.45, 7) is 8.96. The van der Waals surface area contributed by atoms with Crippen LogP contribution in [-0.4, -0.2) is 9.78 Å². The van der Waals surface area contributed by atoms with Gasteiger partial charge in [0, 0.05) is 5.41 Å². The van der Waals surface area contributed by atoms with E-state index in [-0.39, 0.29) is 5.41 Å². The normalized spacial score (nSPS) is 11.8. The zero-order valence-electron chi connectivity index (χ0n) is 11.9. The van der Waals surface area contributed by atoms with Gasteiger partial charge in [0.2, 0.25) is 0 Å². The largest absolute Gasteiger partial charge is 0.383 e. The zero-order chi connectivity index (χ0) is 14.2. The van der Waals surface area contributed by atoms with E-state index in [1.807, 2.05) is 6.07 Å². The molecule has 0 saturated carbocycles. The van der Waals surface area contributed by atoms with E-state index < -0.39 is 0 Å². The van der Waals surface area contributed by atoms with Crippen molar-refractivity contribution in [2.45, 2.75) is 39.7 Å². The SMILES string of the molecule is Cc1cccc(Cn2nc(C(C)(C)C)c(Cl)c2N)c1. The third kappa shape index (κ3) is 2.92. The van der Waals surface area contributed by atoms with Crippen molar-refractivity contribution in [1.29, 1.82) is 0 Å². The molecule has 3 nitrogen and oxygen atoms in total. The van der Waals surface area contributed by atoms with Gasteiger partial charge in [-0.15, -0.1) is 0 Å². The Kier molecular flexibility index (Phi) is 3.59. The molecule has 1 aromatic heterocycles. The van der Waals surface area contributed by atoms with Crippen LogP contribution < -0.4 is 5.73 Å². The van der Waals surface area contributed by atoms with Crippen LogP contribution in [0.3, 0.4) is 0 Å². The van der Waals surface area contributed by atoms with Crippen LogP contribution in [0.1, 0.15) is 37.6 Å². The van der Waals surface area contributed by atoms with E-state index >= 15 is 0 Å². The van der Waals surface area contributed by atoms with Gasteiger partial charge in [0.15, 0.2) is 0 Å². The molecular weight excluding hydrogens is 258 g/mol. The van der Waals surface area contributed by atoms with Gasteiger partial charge in [-0.1, -0.05) is 62.2 Å². The minimum atomic E-state index is -0.108. The van der Waals surface area contributed by atoms with Crippen molar-refractivity contribution in [3.8, 4) is 0 Å². The third-order valence-corrected chi connectivity index (χ3v) is 3.43. The maximum Gasteiger partial charge on any atom is 0.141 e. The summed E-state index contributed by atoms with van der Waals surface area (Å²) in [5.41, 5.74) is 9.19. The lowest BCUT2D eigenvalue weighted by molar-refractivity contribution is 0.546. The van der Waals surface area contributed by atoms with Crippen LogP contribution in [0.2, 0.25) is 5.02 Å². The molecule has 2 aromatic rings. The number of hydrogen-bond donors (Lipinski definition) is 1. The highest BCUT2D eigenvalue weighted by Gasteiger charge is 2.24. The molecule has 0 unspecified atom stereocenters. The van der Waals surface area contributed by atoms with Crippen LogP contribution in [0, 0.1) is 6.92 Å². The fraction of sp³-hybridized carbons (Fsp3) is 0.400. The predicted octanol–water partition coefficient (Wildman–Crippen LogP) is 3.77. The Hall–Kier alpha value is -1.48. The van der Waals surface area contributed by atoms with Crippen LogP contribution in [0.5, 0.6) is 0 Å². The van der Waals surface area contributed by atoms with Gasteiger partial charge in [0.25, 0.3) is 0 Å². The molecule has 0 fully saturated rings. The lowest BCUT2D eigenvalue weighted by Crippen LogP contribution is -2.13. The van der Waals surface area contributed by atoms with Gasteiger partial charge in [0.1, 0.15) is 10.8 Å². The van der Waals surface area contributed by atoms with Crippen molar-refractivity contribution in [2.75, 3.05) is 5.73 Å². The van der Waals surface area contributed by atoms with Gasteiger partial charge in [-0.05, 0) is 12.5 Å². The molecule has 0 aliphatic heterocycles. The minimum Gasteiger partial charge on any atom is -0.383 e. The molecule has 1 aromatic carbocycles. The highest BCUT2D eigenvalue weighted by molar-refractivity contribution is 6.33. The summed E-state index contributed by atoms with van der Waals surface area (Å²) in [5.74, 6) is 0.535. The van der Waals surface area contributed by atoms with E-state index in [2.05, 4.69) is 51.0 Å². The molecule has 4 heteroatoms. The van der Waals surface area contributed by atoms with Gasteiger partial charge >= 0.3 is 0 Å². The molecule has 0 saturated heterocycles. The lowest BCUT2D eigenvalue weighted by atomic mass is 9.92. The molecule has 0 aliphatic rings. The number of anilines is 1. The first kappa shape index (κ1) is 13.9. The summed E-state index contributed by atoms with van der Waals surface area (Å²) < 4.78 is 1.78. The molecule has 2 N–H and O–H groups in total. The Morgan fingerprint density at radius 3 is 2.53 bits per heavy atom. The summed E-state index contributed by atoms with van der Waals surface area (Å²) in [7, 11) is 0. The number of nitrogens with zero attached hydrogens (tertiary/aromatic N) is 2. The average molecular weight is 278 g/mol. The van der Waals surface area contributed by atoms with Crippen LogP contribution in [0.25, 0.3) is 0 Å². The number of benzene rings is 1. The highest BCUT2D eigenvalue weighted by Crippen LogP contribution is 2.32. The highest BCUT2D eigenvalue weighted by atomic mass is 35.5. The number of nitrogen functional groups attached to an aromatic ring is 1. The molecule has 0 amide bonds. The van der Waals surface area contributed by atoms with E-state index in [0.29, 0.717) is 17.4 Å². The van der Waals surface area contributed by atoms with E-state index in [0.717, 1.165) is 5.69 Å². The first-order valence-corrected chi connectivity index (χ1v) is 6.74. The number of nitrogens with two attached hydrogens (primary N) is 1. The second-order valence-electron chi connectivity index (χ2n) is 5.94. The monoisotopic (exact) mass is 277 g/mol. The van der Waals surface area contributed by atoms with Crippen LogP contribution in [0.4, 0.5) is 5.82 Å². The maximum atomic E-state index is 6.29. The van der Waals surface area contributed by atoms with Crippen LogP contribution in [-0.2, 0) is 12.0 Å². The molecule has 2 rings (SSSR count). The fourth-order valence-electron chi connectivity index (χ4n) is 2.04. The lowest BCUT2D eigenvalue weighted by Gasteiger charge is -2.15. The van der Waals surface area contributed by atoms with Gasteiger partial charge in [-0.25, -0.2) is 4.68 Å². The molecule has 0 atom stereocenters. The summed E-state index contributed by atoms with van der Waals surface area (Å²) in [6.07, 6.45) is 0. The third-order valence-electron chi connectivity index (χ3n) is 3.06. The van der Waals surface area contributed by atoms with Gasteiger partial charge in [0.05, 0.1) is 12.2 Å². The number of aromatic nitrogens is 2. The summed E-state index contributed by atoms with van der Waals surface area (Å²) in [5, 5.41) is 5.13. The Labute approximate surface area is 119 Å². The molecule has 102 valence electrons. The van der Waals surface area contributed by atoms with Gasteiger partial charge < -0.3 is 5.73 Å². The van der Waals surface area contributed by atoms with Crippen molar-refractivity contribution < 1.29 is 0 Å². The second kappa shape index (κ2) is 4.89. The molecular formula is C15H20ClN3. The molecule has 0 aliphatic carbocycles. The molecule has 19 heavy (non-hydrogen) atoms. The number of hydrogen-bond acceptors (Lipinski definition) is 2. The number of rotatable bonds is 2. The Balaban J connectivity index is 2.37. The first-order chi connectivity index (χ1) is 8.79. The van der Waals surface area contributed by atoms with E-state index in [9.17, 15) is 0 Å². The van der Waals surface area contributed by atoms with Crippen molar-refractivity contribution in [2.24, 2.45) is 0 Å².